The Morgan fingerprint density at radius 2 is 1.40 bits per heavy atom. The lowest BCUT2D eigenvalue weighted by atomic mass is 9.80. The fourth-order valence-electron chi connectivity index (χ4n) is 7.52. The molecule has 5 rings (SSSR count). The summed E-state index contributed by atoms with van der Waals surface area (Å²) >= 11 is 0. The molecule has 16 heteroatoms. The molecule has 1 saturated heterocycles. The maximum Gasteiger partial charge on any atom is 0.331 e. The molecule has 2 heterocycles. The molecule has 0 radical (unpaired) electrons. The minimum absolute atomic E-state index is 0.0451. The van der Waals surface area contributed by atoms with Crippen molar-refractivity contribution in [3.8, 4) is 23.6 Å². The van der Waals surface area contributed by atoms with E-state index in [1.54, 1.807) is 14.2 Å². The second kappa shape index (κ2) is 20.9. The lowest BCUT2D eigenvalue weighted by molar-refractivity contribution is -0.0945. The Balaban J connectivity index is 1.79. The van der Waals surface area contributed by atoms with Crippen molar-refractivity contribution >= 4 is 16.8 Å². The van der Waals surface area contributed by atoms with Gasteiger partial charge in [0.05, 0.1) is 39.9 Å². The Kier molecular flexibility index (Phi) is 16.4. The summed E-state index contributed by atoms with van der Waals surface area (Å²) in [4.78, 5) is 29.3. The van der Waals surface area contributed by atoms with E-state index in [-0.39, 0.29) is 48.0 Å². The van der Waals surface area contributed by atoms with Gasteiger partial charge in [-0.3, -0.25) is 14.3 Å². The Labute approximate surface area is 373 Å². The summed E-state index contributed by atoms with van der Waals surface area (Å²) in [6.45, 7) is 20.1. The van der Waals surface area contributed by atoms with Crippen molar-refractivity contribution in [3.63, 3.8) is 0 Å². The van der Waals surface area contributed by atoms with Crippen LogP contribution in [0.2, 0.25) is 18.1 Å². The number of benzene rings is 3. The number of aromatic amines is 1. The van der Waals surface area contributed by atoms with E-state index in [0.29, 0.717) is 11.5 Å². The zero-order valence-corrected chi connectivity index (χ0v) is 40.4. The van der Waals surface area contributed by atoms with Gasteiger partial charge in [0.1, 0.15) is 47.2 Å². The summed E-state index contributed by atoms with van der Waals surface area (Å²) in [5, 5.41) is 19.8. The average molecular weight is 900 g/mol. The van der Waals surface area contributed by atoms with Crippen LogP contribution in [0, 0.1) is 29.6 Å². The molecule has 0 amide bonds. The monoisotopic (exact) mass is 899 g/mol. The van der Waals surface area contributed by atoms with Crippen LogP contribution in [0.25, 0.3) is 0 Å². The Morgan fingerprint density at radius 3 is 1.87 bits per heavy atom. The van der Waals surface area contributed by atoms with E-state index >= 15 is 0 Å². The van der Waals surface area contributed by atoms with Gasteiger partial charge in [-0.25, -0.2) is 9.46 Å². The third-order valence-electron chi connectivity index (χ3n) is 11.8. The largest absolute Gasteiger partial charge is 0.497 e. The number of nitriles is 2. The zero-order valence-electron chi connectivity index (χ0n) is 38.5. The first kappa shape index (κ1) is 49.3. The molecule has 1 N–H and O–H groups in total. The minimum atomic E-state index is -2.76. The van der Waals surface area contributed by atoms with E-state index < -0.39 is 58.2 Å². The van der Waals surface area contributed by atoms with E-state index in [1.807, 2.05) is 107 Å². The van der Waals surface area contributed by atoms with Crippen molar-refractivity contribution in [2.24, 2.45) is 0 Å². The predicted molar refractivity (Wildman–Crippen MR) is 245 cm³/mol. The molecule has 0 bridgehead atoms. The topological polar surface area (TPSA) is 170 Å². The van der Waals surface area contributed by atoms with E-state index in [2.05, 4.69) is 55.7 Å². The van der Waals surface area contributed by atoms with Gasteiger partial charge in [-0.1, -0.05) is 75.4 Å². The van der Waals surface area contributed by atoms with Crippen LogP contribution in [0.15, 0.2) is 88.5 Å². The van der Waals surface area contributed by atoms with Crippen LogP contribution in [0.1, 0.15) is 89.1 Å². The number of nitrogens with zero attached hydrogens (tertiary/aromatic N) is 4. The number of methoxy groups -OCH3 is 2. The zero-order chi connectivity index (χ0) is 46.3. The number of aromatic nitrogens is 2. The molecule has 1 fully saturated rings. The lowest BCUT2D eigenvalue weighted by Gasteiger charge is -2.42. The number of rotatable bonds is 19. The molecule has 1 unspecified atom stereocenters. The summed E-state index contributed by atoms with van der Waals surface area (Å²) in [6.07, 6.45) is -4.10. The van der Waals surface area contributed by atoms with Gasteiger partial charge < -0.3 is 32.4 Å². The van der Waals surface area contributed by atoms with Crippen molar-refractivity contribution < 1.29 is 32.4 Å². The third kappa shape index (κ3) is 10.7. The maximum atomic E-state index is 14.0. The molecule has 0 spiro atoms. The molecule has 1 aromatic heterocycles. The third-order valence-corrected chi connectivity index (χ3v) is 18.4. The highest BCUT2D eigenvalue weighted by molar-refractivity contribution is 7.44. The number of nitrogens with one attached hydrogen (secondary N) is 1. The van der Waals surface area contributed by atoms with Crippen LogP contribution < -0.4 is 20.7 Å². The summed E-state index contributed by atoms with van der Waals surface area (Å²) in [6, 6.07) is 29.3. The SMILES string of the molecule is COc1ccc(C(OC[C@H]2O[C@@H](n3c(C#N)c(C)c(=O)[nH]c3=O)[C@@H](O[Si](C)(C)C(C)(C)C)[C@@H]2OP(OCCC#N)N(C(C)C)C(C)C)(c2ccccc2)c2ccc(OC)cc2)cc1. The van der Waals surface area contributed by atoms with Gasteiger partial charge in [-0.05, 0) is 93.7 Å². The highest BCUT2D eigenvalue weighted by Gasteiger charge is 2.55. The first-order valence-electron chi connectivity index (χ1n) is 21.2. The van der Waals surface area contributed by atoms with Crippen LogP contribution in [-0.4, -0.2) is 80.4 Å². The summed E-state index contributed by atoms with van der Waals surface area (Å²) in [7, 11) is -1.44. The van der Waals surface area contributed by atoms with Crippen LogP contribution >= 0.6 is 8.53 Å². The van der Waals surface area contributed by atoms with Crippen LogP contribution in [-0.2, 0) is 28.5 Å². The van der Waals surface area contributed by atoms with Gasteiger partial charge in [-0.2, -0.15) is 10.5 Å². The van der Waals surface area contributed by atoms with Crippen molar-refractivity contribution in [3.05, 3.63) is 128 Å². The number of H-pyrrole nitrogens is 1. The van der Waals surface area contributed by atoms with Crippen molar-refractivity contribution in [1.82, 2.24) is 14.2 Å². The molecule has 14 nitrogen and oxygen atoms in total. The van der Waals surface area contributed by atoms with E-state index in [1.165, 1.54) is 11.5 Å². The van der Waals surface area contributed by atoms with Gasteiger partial charge in [0, 0.05) is 17.6 Å². The highest BCUT2D eigenvalue weighted by Crippen LogP contribution is 2.52. The average Bonchev–Trinajstić information content (AvgIpc) is 3.56. The normalized spacial score (nSPS) is 18.7. The smallest absolute Gasteiger partial charge is 0.331 e. The number of ether oxygens (including phenoxy) is 4. The minimum Gasteiger partial charge on any atom is -0.497 e. The van der Waals surface area contributed by atoms with Gasteiger partial charge in [0.25, 0.3) is 14.1 Å². The summed E-state index contributed by atoms with van der Waals surface area (Å²) < 4.78 is 49.9. The molecule has 1 aliphatic heterocycles. The van der Waals surface area contributed by atoms with Crippen molar-refractivity contribution in [1.29, 1.82) is 10.5 Å². The fraction of sp³-hybridized carbons (Fsp3) is 0.489. The first-order chi connectivity index (χ1) is 29.8. The molecule has 1 aliphatic rings. The van der Waals surface area contributed by atoms with Crippen molar-refractivity contribution in [2.75, 3.05) is 27.4 Å². The molecule has 3 aromatic carbocycles. The summed E-state index contributed by atoms with van der Waals surface area (Å²) in [5.41, 5.74) is -0.489. The quantitative estimate of drug-likeness (QED) is 0.0412. The molecule has 4 aromatic rings. The molecular weight excluding hydrogens is 838 g/mol. The molecule has 338 valence electrons. The molecular formula is C47H62N5O9PSi. The second-order valence-electron chi connectivity index (χ2n) is 17.6. The number of hydrogen-bond donors (Lipinski definition) is 1. The first-order valence-corrected chi connectivity index (χ1v) is 25.2. The Hall–Kier alpha value is -4.67. The molecule has 63 heavy (non-hydrogen) atoms. The standard InChI is InChI=1S/C47H62N5O9PSi/c1-31(2)52(32(3)4)62(58-28-16-27-48)60-41-40(59-44(42(41)61-63(11,12)46(6,7)8)51-39(29-49)33(5)43(53)50-45(51)54)30-57-47(34-17-14-13-15-18-34,35-19-23-37(55-9)24-20-35)36-21-25-38(56-10)26-22-36/h13-15,17-26,31-32,40-42,44H,16,28,30H2,1-12H3,(H,50,53,54)/t40-,41-,42+,44-,62?/m1/s1. The number of hydrogen-bond acceptors (Lipinski definition) is 12. The van der Waals surface area contributed by atoms with Crippen LogP contribution in [0.5, 0.6) is 11.5 Å². The van der Waals surface area contributed by atoms with Crippen LogP contribution in [0.3, 0.4) is 0 Å². The highest BCUT2D eigenvalue weighted by atomic mass is 31.2. The van der Waals surface area contributed by atoms with Gasteiger partial charge in [-0.15, -0.1) is 0 Å². The van der Waals surface area contributed by atoms with Gasteiger partial charge in [0.15, 0.2) is 14.5 Å². The van der Waals surface area contributed by atoms with Gasteiger partial charge in [0.2, 0.25) is 0 Å². The fourth-order valence-corrected chi connectivity index (χ4v) is 10.6. The van der Waals surface area contributed by atoms with E-state index in [9.17, 15) is 20.1 Å². The lowest BCUT2D eigenvalue weighted by Crippen LogP contribution is -2.51. The maximum absolute atomic E-state index is 14.0. The molecule has 0 saturated carbocycles. The second-order valence-corrected chi connectivity index (χ2v) is 23.7. The molecule has 5 atom stereocenters. The Bertz CT molecular complexity index is 2280. The van der Waals surface area contributed by atoms with Gasteiger partial charge >= 0.3 is 5.69 Å². The van der Waals surface area contributed by atoms with E-state index in [4.69, 9.17) is 32.4 Å². The predicted octanol–water partition coefficient (Wildman–Crippen LogP) is 8.69. The molecule has 0 aliphatic carbocycles. The van der Waals surface area contributed by atoms with E-state index in [0.717, 1.165) is 16.7 Å². The van der Waals surface area contributed by atoms with Crippen LogP contribution in [0.4, 0.5) is 0 Å². The van der Waals surface area contributed by atoms with Crippen molar-refractivity contribution in [2.45, 2.75) is 122 Å². The Morgan fingerprint density at radius 1 is 0.857 bits per heavy atom. The summed E-state index contributed by atoms with van der Waals surface area (Å²) in [5.74, 6) is 1.33.